The fraction of sp³-hybridized carbons (Fsp3) is 0.368. The van der Waals surface area contributed by atoms with Crippen LogP contribution in [0.3, 0.4) is 0 Å². The van der Waals surface area contributed by atoms with Crippen molar-refractivity contribution in [2.45, 2.75) is 31.7 Å². The molecule has 2 atom stereocenters. The number of nitrogens with one attached hydrogen (secondary N) is 2. The van der Waals surface area contributed by atoms with E-state index in [4.69, 9.17) is 0 Å². The summed E-state index contributed by atoms with van der Waals surface area (Å²) in [5.41, 5.74) is 3.92. The first kappa shape index (κ1) is 15.5. The molecule has 0 saturated heterocycles. The van der Waals surface area contributed by atoms with Gasteiger partial charge in [-0.1, -0.05) is 30.3 Å². The van der Waals surface area contributed by atoms with Gasteiger partial charge in [-0.25, -0.2) is 0 Å². The molecule has 1 aromatic heterocycles. The second kappa shape index (κ2) is 7.27. The number of aromatic nitrogens is 1. The van der Waals surface area contributed by atoms with Crippen LogP contribution < -0.4 is 10.6 Å². The summed E-state index contributed by atoms with van der Waals surface area (Å²) in [7, 11) is 1.82. The second-order valence-corrected chi connectivity index (χ2v) is 6.02. The molecule has 0 aliphatic heterocycles. The lowest BCUT2D eigenvalue weighted by atomic mass is 10.0. The molecule has 1 aromatic carbocycles. The van der Waals surface area contributed by atoms with E-state index < -0.39 is 0 Å². The molecule has 1 saturated carbocycles. The van der Waals surface area contributed by atoms with Crippen LogP contribution in [-0.4, -0.2) is 30.6 Å². The lowest BCUT2D eigenvalue weighted by molar-refractivity contribution is 0.771. The van der Waals surface area contributed by atoms with E-state index in [1.54, 1.807) is 0 Å². The van der Waals surface area contributed by atoms with Gasteiger partial charge in [0.25, 0.3) is 0 Å². The minimum absolute atomic E-state index is 0.483. The van der Waals surface area contributed by atoms with Crippen LogP contribution in [0.2, 0.25) is 0 Å². The fourth-order valence-corrected chi connectivity index (χ4v) is 2.93. The van der Waals surface area contributed by atoms with Gasteiger partial charge in [-0.3, -0.25) is 9.98 Å². The zero-order valence-corrected chi connectivity index (χ0v) is 13.8. The third-order valence-electron chi connectivity index (χ3n) is 4.32. The van der Waals surface area contributed by atoms with Crippen LogP contribution in [-0.2, 0) is 6.42 Å². The molecule has 120 valence electrons. The number of benzene rings is 1. The van der Waals surface area contributed by atoms with Gasteiger partial charge in [0.15, 0.2) is 5.96 Å². The Labute approximate surface area is 138 Å². The van der Waals surface area contributed by atoms with Crippen molar-refractivity contribution >= 4 is 5.96 Å². The van der Waals surface area contributed by atoms with Crippen molar-refractivity contribution in [2.24, 2.45) is 4.99 Å². The zero-order valence-electron chi connectivity index (χ0n) is 13.8. The quantitative estimate of drug-likeness (QED) is 0.659. The van der Waals surface area contributed by atoms with E-state index in [-0.39, 0.29) is 0 Å². The summed E-state index contributed by atoms with van der Waals surface area (Å²) in [4.78, 5) is 8.66. The van der Waals surface area contributed by atoms with Gasteiger partial charge in [0.2, 0.25) is 0 Å². The first-order valence-corrected chi connectivity index (χ1v) is 8.20. The summed E-state index contributed by atoms with van der Waals surface area (Å²) in [6.07, 6.45) is 3.90. The highest BCUT2D eigenvalue weighted by Crippen LogP contribution is 2.41. The van der Waals surface area contributed by atoms with Crippen molar-refractivity contribution < 1.29 is 0 Å². The molecule has 4 heteroatoms. The summed E-state index contributed by atoms with van der Waals surface area (Å²) in [5, 5.41) is 6.90. The molecule has 0 radical (unpaired) electrons. The van der Waals surface area contributed by atoms with Gasteiger partial charge in [-0.15, -0.1) is 0 Å². The largest absolute Gasteiger partial charge is 0.356 e. The average molecular weight is 308 g/mol. The van der Waals surface area contributed by atoms with Crippen LogP contribution in [0.5, 0.6) is 0 Å². The number of hydrogen-bond donors (Lipinski definition) is 2. The van der Waals surface area contributed by atoms with Crippen LogP contribution in [0.4, 0.5) is 0 Å². The minimum Gasteiger partial charge on any atom is -0.356 e. The molecule has 0 spiro atoms. The van der Waals surface area contributed by atoms with Gasteiger partial charge in [0.05, 0.1) is 0 Å². The van der Waals surface area contributed by atoms with Gasteiger partial charge in [-0.05, 0) is 36.6 Å². The third kappa shape index (κ3) is 4.09. The molecule has 0 bridgehead atoms. The number of hydrogen-bond acceptors (Lipinski definition) is 2. The van der Waals surface area contributed by atoms with Gasteiger partial charge < -0.3 is 10.6 Å². The van der Waals surface area contributed by atoms with Crippen molar-refractivity contribution in [3.8, 4) is 0 Å². The molecule has 3 rings (SSSR count). The maximum Gasteiger partial charge on any atom is 0.191 e. The Morgan fingerprint density at radius 3 is 2.78 bits per heavy atom. The predicted molar refractivity (Wildman–Crippen MR) is 94.8 cm³/mol. The number of nitrogens with zero attached hydrogens (tertiary/aromatic N) is 2. The summed E-state index contributed by atoms with van der Waals surface area (Å²) >= 11 is 0. The van der Waals surface area contributed by atoms with Crippen molar-refractivity contribution in [1.82, 2.24) is 15.6 Å². The Hall–Kier alpha value is -2.36. The molecule has 2 aromatic rings. The normalized spacial score (nSPS) is 20.2. The second-order valence-electron chi connectivity index (χ2n) is 6.02. The standard InChI is InChI=1S/C19H24N4/c1-14-7-3-4-9-16(14)17-13-18(17)23-19(20-2)22-12-10-15-8-5-6-11-21-15/h3-9,11,17-18H,10,12-13H2,1-2H3,(H2,20,22,23). The van der Waals surface area contributed by atoms with Crippen LogP contribution in [0, 0.1) is 6.92 Å². The van der Waals surface area contributed by atoms with E-state index in [0.29, 0.717) is 12.0 Å². The van der Waals surface area contributed by atoms with Gasteiger partial charge in [0.1, 0.15) is 0 Å². The van der Waals surface area contributed by atoms with Crippen molar-refractivity contribution in [3.05, 3.63) is 65.5 Å². The Kier molecular flexibility index (Phi) is 4.91. The van der Waals surface area contributed by atoms with E-state index in [0.717, 1.165) is 24.6 Å². The number of pyridine rings is 1. The van der Waals surface area contributed by atoms with Crippen molar-refractivity contribution in [2.75, 3.05) is 13.6 Å². The number of rotatable bonds is 5. The number of guanidine groups is 1. The van der Waals surface area contributed by atoms with E-state index in [1.165, 1.54) is 17.5 Å². The molecule has 4 nitrogen and oxygen atoms in total. The minimum atomic E-state index is 0.483. The smallest absolute Gasteiger partial charge is 0.191 e. The first-order valence-electron chi connectivity index (χ1n) is 8.20. The highest BCUT2D eigenvalue weighted by atomic mass is 15.2. The number of aryl methyl sites for hydroxylation is 1. The molecule has 1 aliphatic carbocycles. The number of aliphatic imine (C=N–C) groups is 1. The maximum absolute atomic E-state index is 4.34. The monoisotopic (exact) mass is 308 g/mol. The van der Waals surface area contributed by atoms with Gasteiger partial charge in [-0.2, -0.15) is 0 Å². The predicted octanol–water partition coefficient (Wildman–Crippen LogP) is 2.65. The average Bonchev–Trinajstić information content (AvgIpc) is 3.34. The van der Waals surface area contributed by atoms with Crippen molar-refractivity contribution in [3.63, 3.8) is 0 Å². The van der Waals surface area contributed by atoms with E-state index in [1.807, 2.05) is 31.4 Å². The summed E-state index contributed by atoms with van der Waals surface area (Å²) in [5.74, 6) is 1.48. The van der Waals surface area contributed by atoms with Gasteiger partial charge in [0, 0.05) is 43.9 Å². The maximum atomic E-state index is 4.34. The molecule has 1 aliphatic rings. The highest BCUT2D eigenvalue weighted by Gasteiger charge is 2.39. The molecule has 1 heterocycles. The Morgan fingerprint density at radius 2 is 2.04 bits per heavy atom. The van der Waals surface area contributed by atoms with E-state index in [9.17, 15) is 0 Å². The Balaban J connectivity index is 1.47. The van der Waals surface area contributed by atoms with E-state index >= 15 is 0 Å². The zero-order chi connectivity index (χ0) is 16.1. The summed E-state index contributed by atoms with van der Waals surface area (Å²) in [6.45, 7) is 3.02. The van der Waals surface area contributed by atoms with Crippen LogP contribution >= 0.6 is 0 Å². The Bertz CT molecular complexity index is 666. The van der Waals surface area contributed by atoms with Crippen LogP contribution in [0.25, 0.3) is 0 Å². The molecular weight excluding hydrogens is 284 g/mol. The molecule has 0 amide bonds. The lowest BCUT2D eigenvalue weighted by Gasteiger charge is -2.12. The van der Waals surface area contributed by atoms with Gasteiger partial charge >= 0.3 is 0 Å². The lowest BCUT2D eigenvalue weighted by Crippen LogP contribution is -2.40. The van der Waals surface area contributed by atoms with Crippen LogP contribution in [0.15, 0.2) is 53.7 Å². The summed E-state index contributed by atoms with van der Waals surface area (Å²) < 4.78 is 0. The molecule has 1 fully saturated rings. The summed E-state index contributed by atoms with van der Waals surface area (Å²) in [6, 6.07) is 15.1. The van der Waals surface area contributed by atoms with E-state index in [2.05, 4.69) is 51.8 Å². The SMILES string of the molecule is CN=C(NCCc1ccccn1)NC1CC1c1ccccc1C. The Morgan fingerprint density at radius 1 is 1.22 bits per heavy atom. The molecule has 2 unspecified atom stereocenters. The molecule has 2 N–H and O–H groups in total. The molecular formula is C19H24N4. The highest BCUT2D eigenvalue weighted by molar-refractivity contribution is 5.80. The first-order chi connectivity index (χ1) is 11.3. The fourth-order valence-electron chi connectivity index (χ4n) is 2.93. The third-order valence-corrected chi connectivity index (χ3v) is 4.32. The van der Waals surface area contributed by atoms with Crippen molar-refractivity contribution in [1.29, 1.82) is 0 Å². The molecule has 23 heavy (non-hydrogen) atoms. The van der Waals surface area contributed by atoms with Crippen LogP contribution in [0.1, 0.15) is 29.2 Å². The topological polar surface area (TPSA) is 49.3 Å².